The minimum atomic E-state index is -3.52. The van der Waals surface area contributed by atoms with Crippen molar-refractivity contribution in [2.24, 2.45) is 0 Å². The molecule has 0 N–H and O–H groups in total. The van der Waals surface area contributed by atoms with Crippen LogP contribution in [0.1, 0.15) is 28.9 Å². The van der Waals surface area contributed by atoms with Gasteiger partial charge in [-0.05, 0) is 26.3 Å². The van der Waals surface area contributed by atoms with E-state index in [-0.39, 0.29) is 0 Å². The van der Waals surface area contributed by atoms with Crippen LogP contribution in [0.4, 0.5) is 0 Å². The van der Waals surface area contributed by atoms with Gasteiger partial charge in [0.25, 0.3) is 0 Å². The fraction of sp³-hybridized carbons (Fsp3) is 0.400. The van der Waals surface area contributed by atoms with Gasteiger partial charge in [-0.25, -0.2) is 8.42 Å². The normalized spacial score (nSPS) is 14.0. The molecule has 0 bridgehead atoms. The number of hydrogen-bond donors (Lipinski definition) is 0. The Morgan fingerprint density at radius 3 is 1.93 bits per heavy atom. The second kappa shape index (κ2) is 3.91. The summed E-state index contributed by atoms with van der Waals surface area (Å²) in [5.41, 5.74) is 2.84. The van der Waals surface area contributed by atoms with Crippen molar-refractivity contribution in [3.8, 4) is 0 Å². The third-order valence-corrected chi connectivity index (χ3v) is 4.05. The van der Waals surface area contributed by atoms with E-state index >= 15 is 0 Å². The topological polar surface area (TPSA) is 34.1 Å². The second-order valence-corrected chi connectivity index (χ2v) is 6.49. The Morgan fingerprint density at radius 2 is 1.57 bits per heavy atom. The molecule has 1 aromatic carbocycles. The van der Waals surface area contributed by atoms with E-state index in [1.807, 2.05) is 32.0 Å². The maximum atomic E-state index is 11.1. The molecule has 14 heavy (non-hydrogen) atoms. The Morgan fingerprint density at radius 1 is 1.14 bits per heavy atom. The van der Waals surface area contributed by atoms with Gasteiger partial charge in [-0.2, -0.15) is 0 Å². The highest BCUT2D eigenvalue weighted by molar-refractivity contribution is 8.13. The van der Waals surface area contributed by atoms with Crippen LogP contribution in [0.25, 0.3) is 0 Å². The van der Waals surface area contributed by atoms with Crippen molar-refractivity contribution in [1.82, 2.24) is 0 Å². The maximum absolute atomic E-state index is 11.1. The Hall–Kier alpha value is -0.540. The maximum Gasteiger partial charge on any atom is 0.239 e. The summed E-state index contributed by atoms with van der Waals surface area (Å²) in [6.07, 6.45) is 0. The van der Waals surface area contributed by atoms with Crippen molar-refractivity contribution >= 4 is 19.7 Å². The van der Waals surface area contributed by atoms with Crippen LogP contribution < -0.4 is 0 Å². The Bertz CT molecular complexity index is 417. The predicted molar refractivity (Wildman–Crippen MR) is 59.1 cm³/mol. The third kappa shape index (κ3) is 2.72. The van der Waals surface area contributed by atoms with E-state index in [0.717, 1.165) is 16.7 Å². The van der Waals surface area contributed by atoms with Gasteiger partial charge < -0.3 is 0 Å². The smallest absolute Gasteiger partial charge is 0.212 e. The fourth-order valence-corrected chi connectivity index (χ4v) is 2.18. The molecule has 0 saturated carbocycles. The lowest BCUT2D eigenvalue weighted by Gasteiger charge is -2.09. The standard InChI is InChI=1S/C10H13ClO2S/c1-7-4-8(2)6-10(5-7)9(3)14(11,12)13/h4-6,9H,1-3H3. The average molecular weight is 233 g/mol. The molecule has 2 nitrogen and oxygen atoms in total. The van der Waals surface area contributed by atoms with E-state index in [2.05, 4.69) is 0 Å². The van der Waals surface area contributed by atoms with Gasteiger partial charge in [-0.1, -0.05) is 29.3 Å². The van der Waals surface area contributed by atoms with E-state index < -0.39 is 14.3 Å². The van der Waals surface area contributed by atoms with E-state index in [1.54, 1.807) is 6.92 Å². The summed E-state index contributed by atoms with van der Waals surface area (Å²) in [5, 5.41) is -0.650. The number of halogens is 1. The van der Waals surface area contributed by atoms with Gasteiger partial charge >= 0.3 is 0 Å². The molecule has 0 aliphatic rings. The summed E-state index contributed by atoms with van der Waals surface area (Å²) >= 11 is 0. The van der Waals surface area contributed by atoms with Crippen molar-refractivity contribution in [3.05, 3.63) is 34.9 Å². The molecule has 0 saturated heterocycles. The second-order valence-electron chi connectivity index (χ2n) is 3.54. The van der Waals surface area contributed by atoms with Crippen LogP contribution >= 0.6 is 10.7 Å². The predicted octanol–water partition coefficient (Wildman–Crippen LogP) is 2.93. The number of benzene rings is 1. The first-order chi connectivity index (χ1) is 6.30. The van der Waals surface area contributed by atoms with Crippen LogP contribution in [0, 0.1) is 13.8 Å². The lowest BCUT2D eigenvalue weighted by Crippen LogP contribution is -2.03. The first-order valence-corrected chi connectivity index (χ1v) is 6.69. The van der Waals surface area contributed by atoms with E-state index in [1.165, 1.54) is 0 Å². The van der Waals surface area contributed by atoms with Gasteiger partial charge in [0.15, 0.2) is 0 Å². The lowest BCUT2D eigenvalue weighted by molar-refractivity contribution is 0.600. The zero-order chi connectivity index (χ0) is 10.9. The van der Waals surface area contributed by atoms with Crippen LogP contribution in [0.2, 0.25) is 0 Å². The van der Waals surface area contributed by atoms with Crippen molar-refractivity contribution in [2.75, 3.05) is 0 Å². The van der Waals surface area contributed by atoms with Crippen LogP contribution in [0.3, 0.4) is 0 Å². The van der Waals surface area contributed by atoms with Gasteiger partial charge in [-0.15, -0.1) is 0 Å². The molecule has 0 heterocycles. The Balaban J connectivity index is 3.20. The Labute approximate surface area is 89.3 Å². The molecule has 0 spiro atoms. The molecule has 0 fully saturated rings. The zero-order valence-corrected chi connectivity index (χ0v) is 9.98. The summed E-state index contributed by atoms with van der Waals surface area (Å²) in [6, 6.07) is 5.69. The number of rotatable bonds is 2. The molecule has 1 unspecified atom stereocenters. The molecule has 0 amide bonds. The monoisotopic (exact) mass is 232 g/mol. The molecular formula is C10H13ClO2S. The van der Waals surface area contributed by atoms with Gasteiger partial charge in [0.2, 0.25) is 9.05 Å². The summed E-state index contributed by atoms with van der Waals surface area (Å²) in [6.45, 7) is 5.46. The molecule has 1 rings (SSSR count). The van der Waals surface area contributed by atoms with Gasteiger partial charge in [0, 0.05) is 10.7 Å². The fourth-order valence-electron chi connectivity index (χ4n) is 1.41. The highest BCUT2D eigenvalue weighted by Crippen LogP contribution is 2.26. The lowest BCUT2D eigenvalue weighted by atomic mass is 10.1. The minimum absolute atomic E-state index is 0.650. The van der Waals surface area contributed by atoms with Crippen LogP contribution in [-0.4, -0.2) is 8.42 Å². The molecule has 0 radical (unpaired) electrons. The highest BCUT2D eigenvalue weighted by atomic mass is 35.7. The first kappa shape index (κ1) is 11.5. The molecule has 1 aromatic rings. The molecule has 78 valence electrons. The van der Waals surface area contributed by atoms with Crippen molar-refractivity contribution in [1.29, 1.82) is 0 Å². The summed E-state index contributed by atoms with van der Waals surface area (Å²) in [5.74, 6) is 0. The van der Waals surface area contributed by atoms with Crippen molar-refractivity contribution in [3.63, 3.8) is 0 Å². The van der Waals surface area contributed by atoms with Crippen LogP contribution in [-0.2, 0) is 9.05 Å². The van der Waals surface area contributed by atoms with Gasteiger partial charge in [0.1, 0.15) is 0 Å². The van der Waals surface area contributed by atoms with E-state index in [9.17, 15) is 8.42 Å². The highest BCUT2D eigenvalue weighted by Gasteiger charge is 2.19. The third-order valence-electron chi connectivity index (χ3n) is 2.14. The summed E-state index contributed by atoms with van der Waals surface area (Å²) in [7, 11) is 1.78. The molecule has 0 aliphatic carbocycles. The Kier molecular flexibility index (Phi) is 3.22. The molecular weight excluding hydrogens is 220 g/mol. The van der Waals surface area contributed by atoms with Crippen molar-refractivity contribution < 1.29 is 8.42 Å². The first-order valence-electron chi connectivity index (χ1n) is 4.32. The molecule has 1 atom stereocenters. The number of hydrogen-bond acceptors (Lipinski definition) is 2. The molecule has 0 aromatic heterocycles. The van der Waals surface area contributed by atoms with E-state index in [4.69, 9.17) is 10.7 Å². The average Bonchev–Trinajstić information content (AvgIpc) is 1.99. The van der Waals surface area contributed by atoms with Gasteiger partial charge in [0.05, 0.1) is 5.25 Å². The summed E-state index contributed by atoms with van der Waals surface area (Å²) in [4.78, 5) is 0. The largest absolute Gasteiger partial charge is 0.239 e. The minimum Gasteiger partial charge on any atom is -0.212 e. The SMILES string of the molecule is Cc1cc(C)cc(C(C)S(=O)(=O)Cl)c1. The molecule has 4 heteroatoms. The van der Waals surface area contributed by atoms with Crippen LogP contribution in [0.15, 0.2) is 18.2 Å². The van der Waals surface area contributed by atoms with Crippen molar-refractivity contribution in [2.45, 2.75) is 26.0 Å². The van der Waals surface area contributed by atoms with E-state index in [0.29, 0.717) is 0 Å². The van der Waals surface area contributed by atoms with Gasteiger partial charge in [-0.3, -0.25) is 0 Å². The number of aryl methyl sites for hydroxylation is 2. The molecule has 0 aliphatic heterocycles. The summed E-state index contributed by atoms with van der Waals surface area (Å²) < 4.78 is 22.2. The quantitative estimate of drug-likeness (QED) is 0.735. The zero-order valence-electron chi connectivity index (χ0n) is 8.41. The van der Waals surface area contributed by atoms with Crippen LogP contribution in [0.5, 0.6) is 0 Å².